The molecule has 3 amide bonds. The van der Waals surface area contributed by atoms with E-state index in [2.05, 4.69) is 15.0 Å². The second-order valence-electron chi connectivity index (χ2n) is 8.66. The first-order valence-electron chi connectivity index (χ1n) is 12.2. The van der Waals surface area contributed by atoms with Crippen LogP contribution in [0.5, 0.6) is 5.75 Å². The number of nitrogens with zero attached hydrogens (tertiary/aromatic N) is 2. The van der Waals surface area contributed by atoms with Crippen LogP contribution in [-0.4, -0.2) is 30.1 Å². The van der Waals surface area contributed by atoms with Crippen molar-refractivity contribution >= 4 is 29.6 Å². The summed E-state index contributed by atoms with van der Waals surface area (Å²) in [5, 5.41) is 2.91. The van der Waals surface area contributed by atoms with Gasteiger partial charge in [0.1, 0.15) is 11.8 Å². The lowest BCUT2D eigenvalue weighted by atomic mass is 10.0. The van der Waals surface area contributed by atoms with E-state index in [-0.39, 0.29) is 5.91 Å². The minimum Gasteiger partial charge on any atom is -0.497 e. The first-order valence-corrected chi connectivity index (χ1v) is 13.0. The van der Waals surface area contributed by atoms with Gasteiger partial charge in [-0.2, -0.15) is 0 Å². The molecule has 0 saturated carbocycles. The van der Waals surface area contributed by atoms with E-state index in [0.29, 0.717) is 24.4 Å². The molecule has 0 fully saturated rings. The summed E-state index contributed by atoms with van der Waals surface area (Å²) in [6.07, 6.45) is 3.73. The highest BCUT2D eigenvalue weighted by Crippen LogP contribution is 2.23. The molecule has 7 nitrogen and oxygen atoms in total. The SMILES string of the molecule is COc1ccc(N(Cc2ccncc2)C(=O)C(Cc2ccccc2)NC(=O)NSc2ccccc2C)cc1. The number of benzene rings is 3. The molecule has 0 bridgehead atoms. The van der Waals surface area contributed by atoms with Crippen molar-refractivity contribution in [3.63, 3.8) is 0 Å². The zero-order valence-corrected chi connectivity index (χ0v) is 22.2. The molecule has 1 heterocycles. The minimum absolute atomic E-state index is 0.230. The number of urea groups is 1. The maximum absolute atomic E-state index is 14.1. The van der Waals surface area contributed by atoms with Crippen LogP contribution in [0.15, 0.2) is 108 Å². The number of rotatable bonds is 10. The highest BCUT2D eigenvalue weighted by atomic mass is 32.2. The Morgan fingerprint density at radius 3 is 2.26 bits per heavy atom. The predicted molar refractivity (Wildman–Crippen MR) is 151 cm³/mol. The Balaban J connectivity index is 1.59. The van der Waals surface area contributed by atoms with E-state index in [9.17, 15) is 9.59 Å². The van der Waals surface area contributed by atoms with E-state index in [1.165, 1.54) is 11.9 Å². The maximum Gasteiger partial charge on any atom is 0.325 e. The Bertz CT molecular complexity index is 1330. The Labute approximate surface area is 227 Å². The van der Waals surface area contributed by atoms with Crippen molar-refractivity contribution in [2.45, 2.75) is 30.8 Å². The van der Waals surface area contributed by atoms with Crippen LogP contribution >= 0.6 is 11.9 Å². The van der Waals surface area contributed by atoms with E-state index in [1.54, 1.807) is 24.4 Å². The molecule has 1 atom stereocenters. The predicted octanol–water partition coefficient (Wildman–Crippen LogP) is 5.55. The molecule has 0 spiro atoms. The Hall–Kier alpha value is -4.30. The summed E-state index contributed by atoms with van der Waals surface area (Å²) in [4.78, 5) is 33.8. The summed E-state index contributed by atoms with van der Waals surface area (Å²) in [5.41, 5.74) is 3.61. The molecule has 1 unspecified atom stereocenters. The van der Waals surface area contributed by atoms with E-state index >= 15 is 0 Å². The number of carbonyl (C=O) groups is 2. The lowest BCUT2D eigenvalue weighted by Crippen LogP contribution is -2.51. The lowest BCUT2D eigenvalue weighted by molar-refractivity contribution is -0.120. The van der Waals surface area contributed by atoms with Crippen molar-refractivity contribution in [3.05, 3.63) is 120 Å². The molecule has 0 aliphatic heterocycles. The minimum atomic E-state index is -0.807. The molecule has 194 valence electrons. The molecule has 0 saturated heterocycles. The number of aryl methyl sites for hydroxylation is 1. The first kappa shape index (κ1) is 26.8. The van der Waals surface area contributed by atoms with Gasteiger partial charge in [-0.25, -0.2) is 4.79 Å². The van der Waals surface area contributed by atoms with E-state index in [0.717, 1.165) is 21.6 Å². The van der Waals surface area contributed by atoms with Crippen molar-refractivity contribution in [1.29, 1.82) is 0 Å². The number of anilines is 1. The summed E-state index contributed by atoms with van der Waals surface area (Å²) >= 11 is 1.22. The quantitative estimate of drug-likeness (QED) is 0.265. The number of methoxy groups -OCH3 is 1. The van der Waals surface area contributed by atoms with Gasteiger partial charge in [-0.3, -0.25) is 14.5 Å². The number of carbonyl (C=O) groups excluding carboxylic acids is 2. The normalized spacial score (nSPS) is 11.3. The topological polar surface area (TPSA) is 83.6 Å². The number of pyridine rings is 1. The van der Waals surface area contributed by atoms with E-state index in [4.69, 9.17) is 4.74 Å². The van der Waals surface area contributed by atoms with Gasteiger partial charge < -0.3 is 15.0 Å². The van der Waals surface area contributed by atoms with E-state index in [1.807, 2.05) is 97.9 Å². The lowest BCUT2D eigenvalue weighted by Gasteiger charge is -2.28. The third kappa shape index (κ3) is 7.36. The van der Waals surface area contributed by atoms with Gasteiger partial charge in [-0.15, -0.1) is 0 Å². The molecule has 3 aromatic carbocycles. The van der Waals surface area contributed by atoms with E-state index < -0.39 is 12.1 Å². The average Bonchev–Trinajstić information content (AvgIpc) is 2.96. The van der Waals surface area contributed by atoms with Crippen LogP contribution in [0.4, 0.5) is 10.5 Å². The standard InChI is InChI=1S/C30H30N4O3S/c1-22-8-6-7-11-28(22)38-33-30(36)32-27(20-23-9-4-3-5-10-23)29(35)34(21-24-16-18-31-19-17-24)25-12-14-26(37-2)15-13-25/h3-19,27H,20-21H2,1-2H3,(H2,32,33,36). The number of aromatic nitrogens is 1. The smallest absolute Gasteiger partial charge is 0.325 e. The average molecular weight is 527 g/mol. The van der Waals surface area contributed by atoms with Gasteiger partial charge in [0.05, 0.1) is 13.7 Å². The molecular formula is C30H30N4O3S. The van der Waals surface area contributed by atoms with Crippen LogP contribution in [-0.2, 0) is 17.8 Å². The van der Waals surface area contributed by atoms with Crippen molar-refractivity contribution in [1.82, 2.24) is 15.0 Å². The zero-order chi connectivity index (χ0) is 26.7. The van der Waals surface area contributed by atoms with Crippen molar-refractivity contribution in [3.8, 4) is 5.75 Å². The van der Waals surface area contributed by atoms with Crippen LogP contribution in [0.3, 0.4) is 0 Å². The molecule has 0 aliphatic carbocycles. The van der Waals surface area contributed by atoms with Crippen molar-refractivity contribution in [2.24, 2.45) is 0 Å². The second-order valence-corrected chi connectivity index (χ2v) is 9.51. The van der Waals surface area contributed by atoms with Gasteiger partial charge in [0, 0.05) is 29.4 Å². The molecule has 38 heavy (non-hydrogen) atoms. The Kier molecular flexibility index (Phi) is 9.37. The van der Waals surface area contributed by atoms with Crippen LogP contribution in [0, 0.1) is 6.92 Å². The number of hydrogen-bond acceptors (Lipinski definition) is 5. The Morgan fingerprint density at radius 2 is 1.58 bits per heavy atom. The summed E-state index contributed by atoms with van der Waals surface area (Å²) in [5.74, 6) is 0.462. The molecule has 0 radical (unpaired) electrons. The molecule has 8 heteroatoms. The van der Waals surface area contributed by atoms with Gasteiger partial charge in [-0.1, -0.05) is 48.5 Å². The molecule has 0 aliphatic rings. The molecule has 4 aromatic rings. The van der Waals surface area contributed by atoms with Crippen molar-refractivity contribution in [2.75, 3.05) is 12.0 Å². The molecule has 4 rings (SSSR count). The summed E-state index contributed by atoms with van der Waals surface area (Å²) in [6.45, 7) is 2.30. The third-order valence-corrected chi connectivity index (χ3v) is 6.94. The first-order chi connectivity index (χ1) is 18.5. The second kappa shape index (κ2) is 13.3. The largest absolute Gasteiger partial charge is 0.497 e. The molecule has 1 aromatic heterocycles. The van der Waals surface area contributed by atoms with Gasteiger partial charge in [-0.05, 0) is 78.0 Å². The summed E-state index contributed by atoms with van der Waals surface area (Å²) < 4.78 is 8.12. The maximum atomic E-state index is 14.1. The fourth-order valence-electron chi connectivity index (χ4n) is 3.93. The van der Waals surface area contributed by atoms with Gasteiger partial charge >= 0.3 is 6.03 Å². The summed E-state index contributed by atoms with van der Waals surface area (Å²) in [6, 6.07) is 27.2. The zero-order valence-electron chi connectivity index (χ0n) is 21.3. The third-order valence-electron chi connectivity index (χ3n) is 5.97. The number of nitrogens with one attached hydrogen (secondary N) is 2. The van der Waals surface area contributed by atoms with Crippen LogP contribution in [0.25, 0.3) is 0 Å². The highest BCUT2D eigenvalue weighted by Gasteiger charge is 2.28. The van der Waals surface area contributed by atoms with Crippen LogP contribution in [0.1, 0.15) is 16.7 Å². The number of amides is 3. The monoisotopic (exact) mass is 526 g/mol. The fraction of sp³-hybridized carbons (Fsp3) is 0.167. The molecular weight excluding hydrogens is 496 g/mol. The number of ether oxygens (including phenoxy) is 1. The van der Waals surface area contributed by atoms with Gasteiger partial charge in [0.2, 0.25) is 5.91 Å². The number of hydrogen-bond donors (Lipinski definition) is 2. The highest BCUT2D eigenvalue weighted by molar-refractivity contribution is 7.98. The molecule has 2 N–H and O–H groups in total. The van der Waals surface area contributed by atoms with Crippen LogP contribution in [0.2, 0.25) is 0 Å². The van der Waals surface area contributed by atoms with Crippen molar-refractivity contribution < 1.29 is 14.3 Å². The fourth-order valence-corrected chi connectivity index (χ4v) is 4.56. The van der Waals surface area contributed by atoms with Gasteiger partial charge in [0.25, 0.3) is 0 Å². The van der Waals surface area contributed by atoms with Crippen LogP contribution < -0.4 is 19.7 Å². The Morgan fingerprint density at radius 1 is 0.895 bits per heavy atom. The van der Waals surface area contributed by atoms with Gasteiger partial charge in [0.15, 0.2) is 0 Å². The summed E-state index contributed by atoms with van der Waals surface area (Å²) in [7, 11) is 1.60.